The largest absolute Gasteiger partial charge is 0.493 e. The van der Waals surface area contributed by atoms with E-state index in [9.17, 15) is 14.9 Å². The van der Waals surface area contributed by atoms with Crippen molar-refractivity contribution in [2.75, 3.05) is 7.11 Å². The Balaban J connectivity index is 1.59. The standard InChI is InChI=1S/C25H18BrIN2O6/c1-14-8-17(6-7-21(14)29(31)32)24-28-20(25(30)35-24)11-16-10-19(26)23(22(12-16)33-2)34-13-15-4-3-5-18(27)9-15/h3-12H,13H2,1-2H3/b20-11-. The normalized spacial score (nSPS) is 14.0. The van der Waals surface area contributed by atoms with E-state index < -0.39 is 10.9 Å². The van der Waals surface area contributed by atoms with Crippen LogP contribution in [0.2, 0.25) is 0 Å². The van der Waals surface area contributed by atoms with Crippen molar-refractivity contribution in [1.82, 2.24) is 0 Å². The molecule has 0 saturated carbocycles. The highest BCUT2D eigenvalue weighted by Crippen LogP contribution is 2.38. The van der Waals surface area contributed by atoms with Crippen LogP contribution in [0.3, 0.4) is 0 Å². The van der Waals surface area contributed by atoms with Crippen molar-refractivity contribution in [3.8, 4) is 11.5 Å². The zero-order valence-corrected chi connectivity index (χ0v) is 22.3. The first kappa shape index (κ1) is 24.9. The fourth-order valence-corrected chi connectivity index (χ4v) is 4.61. The first-order valence-corrected chi connectivity index (χ1v) is 12.1. The SMILES string of the molecule is COc1cc(/C=C2\N=C(c3ccc([N+](=O)[O-])c(C)c3)OC2=O)cc(Br)c1OCc1cccc(I)c1. The summed E-state index contributed by atoms with van der Waals surface area (Å²) in [5, 5.41) is 11.0. The highest BCUT2D eigenvalue weighted by atomic mass is 127. The lowest BCUT2D eigenvalue weighted by atomic mass is 10.1. The lowest BCUT2D eigenvalue weighted by molar-refractivity contribution is -0.385. The van der Waals surface area contributed by atoms with Gasteiger partial charge in [-0.3, -0.25) is 10.1 Å². The van der Waals surface area contributed by atoms with Gasteiger partial charge in [0.15, 0.2) is 17.2 Å². The maximum absolute atomic E-state index is 12.4. The number of hydrogen-bond donors (Lipinski definition) is 0. The third-order valence-corrected chi connectivity index (χ3v) is 6.35. The molecule has 1 heterocycles. The van der Waals surface area contributed by atoms with E-state index in [4.69, 9.17) is 14.2 Å². The van der Waals surface area contributed by atoms with E-state index in [0.29, 0.717) is 39.3 Å². The summed E-state index contributed by atoms with van der Waals surface area (Å²) >= 11 is 5.77. The molecule has 0 aliphatic carbocycles. The number of nitro groups is 1. The molecule has 0 saturated heterocycles. The molecular formula is C25H18BrIN2O6. The molecule has 0 spiro atoms. The van der Waals surface area contributed by atoms with Crippen LogP contribution >= 0.6 is 38.5 Å². The minimum absolute atomic E-state index is 0.0179. The Morgan fingerprint density at radius 3 is 2.69 bits per heavy atom. The number of nitrogens with zero attached hydrogens (tertiary/aromatic N) is 2. The Bertz CT molecular complexity index is 1400. The fraction of sp³-hybridized carbons (Fsp3) is 0.120. The monoisotopic (exact) mass is 648 g/mol. The van der Waals surface area contributed by atoms with Crippen molar-refractivity contribution in [2.24, 2.45) is 4.99 Å². The number of rotatable bonds is 7. The van der Waals surface area contributed by atoms with Gasteiger partial charge in [0.05, 0.1) is 16.5 Å². The summed E-state index contributed by atoms with van der Waals surface area (Å²) < 4.78 is 18.6. The van der Waals surface area contributed by atoms with Crippen molar-refractivity contribution >= 4 is 62.2 Å². The molecule has 178 valence electrons. The van der Waals surface area contributed by atoms with Crippen LogP contribution in [0.1, 0.15) is 22.3 Å². The molecule has 35 heavy (non-hydrogen) atoms. The van der Waals surface area contributed by atoms with Gasteiger partial charge in [0.2, 0.25) is 5.90 Å². The molecule has 0 aromatic heterocycles. The Labute approximate surface area is 223 Å². The number of carbonyl (C=O) groups excluding carboxylic acids is 1. The Morgan fingerprint density at radius 2 is 2.00 bits per heavy atom. The number of halogens is 2. The van der Waals surface area contributed by atoms with Crippen molar-refractivity contribution in [2.45, 2.75) is 13.5 Å². The summed E-state index contributed by atoms with van der Waals surface area (Å²) in [4.78, 5) is 27.3. The van der Waals surface area contributed by atoms with Crippen molar-refractivity contribution in [1.29, 1.82) is 0 Å². The molecule has 0 atom stereocenters. The first-order valence-electron chi connectivity index (χ1n) is 10.3. The molecule has 10 heteroatoms. The second-order valence-electron chi connectivity index (χ2n) is 7.55. The van der Waals surface area contributed by atoms with E-state index in [2.05, 4.69) is 43.5 Å². The maximum atomic E-state index is 12.4. The molecule has 0 unspecified atom stereocenters. The number of cyclic esters (lactones) is 1. The minimum atomic E-state index is -0.620. The predicted octanol–water partition coefficient (Wildman–Crippen LogP) is 6.20. The summed E-state index contributed by atoms with van der Waals surface area (Å²) in [6.45, 7) is 1.97. The number of methoxy groups -OCH3 is 1. The number of carbonyl (C=O) groups is 1. The summed E-state index contributed by atoms with van der Waals surface area (Å²) in [6.07, 6.45) is 1.57. The lowest BCUT2D eigenvalue weighted by Crippen LogP contribution is -2.06. The van der Waals surface area contributed by atoms with Crippen LogP contribution < -0.4 is 9.47 Å². The molecule has 0 fully saturated rings. The van der Waals surface area contributed by atoms with Crippen molar-refractivity contribution in [3.05, 3.63) is 101 Å². The van der Waals surface area contributed by atoms with E-state index in [-0.39, 0.29) is 17.3 Å². The number of esters is 1. The fourth-order valence-electron chi connectivity index (χ4n) is 3.43. The molecule has 4 rings (SSSR count). The van der Waals surface area contributed by atoms with Gasteiger partial charge in [0.25, 0.3) is 5.69 Å². The van der Waals surface area contributed by atoms with Crippen LogP contribution in [0.25, 0.3) is 6.08 Å². The molecular weight excluding hydrogens is 631 g/mol. The highest BCUT2D eigenvalue weighted by Gasteiger charge is 2.25. The van der Waals surface area contributed by atoms with Gasteiger partial charge in [-0.2, -0.15) is 0 Å². The van der Waals surface area contributed by atoms with Gasteiger partial charge in [0.1, 0.15) is 6.61 Å². The summed E-state index contributed by atoms with van der Waals surface area (Å²) in [5.74, 6) is 0.485. The Morgan fingerprint density at radius 1 is 1.20 bits per heavy atom. The smallest absolute Gasteiger partial charge is 0.363 e. The number of ether oxygens (including phenoxy) is 3. The van der Waals surface area contributed by atoms with Crippen LogP contribution in [0.4, 0.5) is 5.69 Å². The van der Waals surface area contributed by atoms with Crippen LogP contribution in [-0.2, 0) is 16.1 Å². The van der Waals surface area contributed by atoms with Crippen molar-refractivity contribution < 1.29 is 23.9 Å². The quantitative estimate of drug-likeness (QED) is 0.0994. The number of hydrogen-bond acceptors (Lipinski definition) is 7. The summed E-state index contributed by atoms with van der Waals surface area (Å²) in [5.41, 5.74) is 2.66. The predicted molar refractivity (Wildman–Crippen MR) is 143 cm³/mol. The van der Waals surface area contributed by atoms with E-state index in [1.807, 2.05) is 24.3 Å². The third-order valence-electron chi connectivity index (χ3n) is 5.09. The van der Waals surface area contributed by atoms with Crippen LogP contribution in [0, 0.1) is 20.6 Å². The minimum Gasteiger partial charge on any atom is -0.493 e. The van der Waals surface area contributed by atoms with Gasteiger partial charge in [-0.15, -0.1) is 0 Å². The molecule has 0 radical (unpaired) electrons. The molecule has 0 N–H and O–H groups in total. The Kier molecular flexibility index (Phi) is 7.51. The van der Waals surface area contributed by atoms with Crippen molar-refractivity contribution in [3.63, 3.8) is 0 Å². The molecule has 3 aromatic carbocycles. The van der Waals surface area contributed by atoms with E-state index in [1.165, 1.54) is 19.2 Å². The van der Waals surface area contributed by atoms with E-state index in [1.54, 1.807) is 31.2 Å². The molecule has 3 aromatic rings. The van der Waals surface area contributed by atoms with Gasteiger partial charge in [-0.25, -0.2) is 9.79 Å². The molecule has 0 bridgehead atoms. The zero-order chi connectivity index (χ0) is 25.1. The number of aliphatic imine (C=N–C) groups is 1. The molecule has 8 nitrogen and oxygen atoms in total. The van der Waals surface area contributed by atoms with Gasteiger partial charge < -0.3 is 14.2 Å². The number of aryl methyl sites for hydroxylation is 1. The third kappa shape index (κ3) is 5.70. The van der Waals surface area contributed by atoms with Gasteiger partial charge >= 0.3 is 5.97 Å². The number of nitro benzene ring substituents is 1. The lowest BCUT2D eigenvalue weighted by Gasteiger charge is -2.14. The molecule has 0 amide bonds. The second-order valence-corrected chi connectivity index (χ2v) is 9.65. The Hall–Kier alpha value is -3.25. The second kappa shape index (κ2) is 10.6. The average molecular weight is 649 g/mol. The molecule has 1 aliphatic heterocycles. The van der Waals surface area contributed by atoms with Gasteiger partial charge in [-0.05, 0) is 99.0 Å². The topological polar surface area (TPSA) is 100 Å². The van der Waals surface area contributed by atoms with Crippen LogP contribution in [0.5, 0.6) is 11.5 Å². The number of benzene rings is 3. The molecule has 1 aliphatic rings. The van der Waals surface area contributed by atoms with Crippen LogP contribution in [-0.4, -0.2) is 23.9 Å². The van der Waals surface area contributed by atoms with Crippen LogP contribution in [0.15, 0.2) is 69.8 Å². The van der Waals surface area contributed by atoms with E-state index in [0.717, 1.165) is 9.13 Å². The van der Waals surface area contributed by atoms with Gasteiger partial charge in [-0.1, -0.05) is 12.1 Å². The maximum Gasteiger partial charge on any atom is 0.363 e. The highest BCUT2D eigenvalue weighted by molar-refractivity contribution is 14.1. The summed E-state index contributed by atoms with van der Waals surface area (Å²) in [7, 11) is 1.54. The first-order chi connectivity index (χ1) is 16.7. The van der Waals surface area contributed by atoms with E-state index >= 15 is 0 Å². The summed E-state index contributed by atoms with van der Waals surface area (Å²) in [6, 6.07) is 15.9. The van der Waals surface area contributed by atoms with Gasteiger partial charge in [0, 0.05) is 20.8 Å². The zero-order valence-electron chi connectivity index (χ0n) is 18.6. The average Bonchev–Trinajstić information content (AvgIpc) is 3.17.